The molecule has 0 bridgehead atoms. The van der Waals surface area contributed by atoms with Crippen molar-refractivity contribution in [3.63, 3.8) is 0 Å². The Labute approximate surface area is 119 Å². The summed E-state index contributed by atoms with van der Waals surface area (Å²) in [5.74, 6) is -0.431. The van der Waals surface area contributed by atoms with Gasteiger partial charge in [0.1, 0.15) is 5.69 Å². The van der Waals surface area contributed by atoms with Crippen LogP contribution in [0.3, 0.4) is 0 Å². The second-order valence-corrected chi connectivity index (χ2v) is 4.87. The smallest absolute Gasteiger partial charge is 0.334 e. The molecule has 0 aliphatic carbocycles. The molecule has 0 saturated heterocycles. The van der Waals surface area contributed by atoms with Gasteiger partial charge in [-0.15, -0.1) is 0 Å². The number of anilines is 2. The van der Waals surface area contributed by atoms with Crippen LogP contribution in [0.4, 0.5) is 11.4 Å². The lowest BCUT2D eigenvalue weighted by Crippen LogP contribution is -2.20. The van der Waals surface area contributed by atoms with Gasteiger partial charge < -0.3 is 9.46 Å². The van der Waals surface area contributed by atoms with Crippen LogP contribution >= 0.6 is 35.3 Å². The minimum absolute atomic E-state index is 0.175. The first kappa shape index (κ1) is 13.6. The molecule has 0 spiro atoms. The van der Waals surface area contributed by atoms with Crippen LogP contribution in [0.2, 0.25) is 10.0 Å². The number of hydrogen-bond donors (Lipinski definition) is 1. The van der Waals surface area contributed by atoms with Gasteiger partial charge in [-0.2, -0.15) is 4.47 Å². The van der Waals surface area contributed by atoms with Crippen LogP contribution < -0.4 is 9.19 Å². The molecule has 98 valence electrons. The molecule has 1 N–H and O–H groups in total. The van der Waals surface area contributed by atoms with Gasteiger partial charge in [-0.25, -0.2) is 9.63 Å². The SMILES string of the molecule is CCOC(=O)CON1SNc2c(Cl)cc(Cl)cc21. The highest BCUT2D eigenvalue weighted by atomic mass is 35.5. The van der Waals surface area contributed by atoms with E-state index in [1.807, 2.05) is 0 Å². The average Bonchev–Trinajstić information content (AvgIpc) is 2.70. The molecule has 0 atom stereocenters. The van der Waals surface area contributed by atoms with Crippen molar-refractivity contribution in [2.24, 2.45) is 0 Å². The second kappa shape index (κ2) is 5.88. The van der Waals surface area contributed by atoms with Gasteiger partial charge in [-0.1, -0.05) is 23.2 Å². The highest BCUT2D eigenvalue weighted by molar-refractivity contribution is 8.02. The van der Waals surface area contributed by atoms with Gasteiger partial charge in [0.05, 0.1) is 29.5 Å². The third kappa shape index (κ3) is 2.95. The molecule has 1 aromatic carbocycles. The molecule has 0 radical (unpaired) electrons. The normalized spacial score (nSPS) is 13.2. The Morgan fingerprint density at radius 2 is 2.28 bits per heavy atom. The Kier molecular flexibility index (Phi) is 4.45. The van der Waals surface area contributed by atoms with E-state index in [2.05, 4.69) is 4.72 Å². The summed E-state index contributed by atoms with van der Waals surface area (Å²) in [5.41, 5.74) is 1.37. The van der Waals surface area contributed by atoms with Crippen LogP contribution in [-0.4, -0.2) is 19.2 Å². The molecule has 18 heavy (non-hydrogen) atoms. The van der Waals surface area contributed by atoms with E-state index in [0.717, 1.165) is 12.1 Å². The van der Waals surface area contributed by atoms with Crippen molar-refractivity contribution in [1.82, 2.24) is 0 Å². The molecule has 0 saturated carbocycles. The van der Waals surface area contributed by atoms with Gasteiger partial charge in [0.25, 0.3) is 0 Å². The lowest BCUT2D eigenvalue weighted by atomic mass is 10.3. The number of carbonyl (C=O) groups is 1. The number of carbonyl (C=O) groups excluding carboxylic acids is 1. The number of hydrogen-bond acceptors (Lipinski definition) is 6. The summed E-state index contributed by atoms with van der Waals surface area (Å²) in [7, 11) is 0. The maximum atomic E-state index is 11.2. The number of fused-ring (bicyclic) bond motifs is 1. The molecule has 1 aromatic rings. The molecule has 1 aliphatic rings. The van der Waals surface area contributed by atoms with Crippen molar-refractivity contribution in [3.05, 3.63) is 22.2 Å². The second-order valence-electron chi connectivity index (χ2n) is 3.31. The van der Waals surface area contributed by atoms with Gasteiger partial charge >= 0.3 is 5.97 Å². The molecule has 0 unspecified atom stereocenters. The van der Waals surface area contributed by atoms with E-state index in [9.17, 15) is 4.79 Å². The Hall–Kier alpha value is -0.820. The predicted octanol–water partition coefficient (Wildman–Crippen LogP) is 3.28. The number of nitrogens with one attached hydrogen (secondary N) is 1. The zero-order valence-corrected chi connectivity index (χ0v) is 11.7. The summed E-state index contributed by atoms with van der Waals surface area (Å²) in [6.07, 6.45) is 0. The van der Waals surface area contributed by atoms with Crippen LogP contribution in [-0.2, 0) is 14.4 Å². The maximum absolute atomic E-state index is 11.2. The number of rotatable bonds is 4. The summed E-state index contributed by atoms with van der Waals surface area (Å²) in [6, 6.07) is 3.32. The van der Waals surface area contributed by atoms with E-state index < -0.39 is 5.97 Å². The van der Waals surface area contributed by atoms with E-state index in [1.165, 1.54) is 4.47 Å². The number of esters is 1. The van der Waals surface area contributed by atoms with Gasteiger partial charge in [0, 0.05) is 5.02 Å². The minimum atomic E-state index is -0.431. The van der Waals surface area contributed by atoms with Crippen molar-refractivity contribution >= 4 is 52.7 Å². The van der Waals surface area contributed by atoms with E-state index in [-0.39, 0.29) is 6.61 Å². The van der Waals surface area contributed by atoms with E-state index in [1.54, 1.807) is 19.1 Å². The van der Waals surface area contributed by atoms with Crippen LogP contribution in [0.25, 0.3) is 0 Å². The maximum Gasteiger partial charge on any atom is 0.334 e. The lowest BCUT2D eigenvalue weighted by Gasteiger charge is -2.14. The number of nitrogens with zero attached hydrogens (tertiary/aromatic N) is 1. The first-order valence-corrected chi connectivity index (χ1v) is 6.65. The predicted molar refractivity (Wildman–Crippen MR) is 72.7 cm³/mol. The summed E-state index contributed by atoms with van der Waals surface area (Å²) in [5, 5.41) is 0.986. The molecular weight excluding hydrogens is 299 g/mol. The highest BCUT2D eigenvalue weighted by Crippen LogP contribution is 2.45. The quantitative estimate of drug-likeness (QED) is 0.680. The monoisotopic (exact) mass is 308 g/mol. The number of halogens is 2. The summed E-state index contributed by atoms with van der Waals surface area (Å²) in [4.78, 5) is 16.5. The van der Waals surface area contributed by atoms with Crippen molar-refractivity contribution in [2.45, 2.75) is 6.92 Å². The van der Waals surface area contributed by atoms with E-state index in [0.29, 0.717) is 28.0 Å². The largest absolute Gasteiger partial charge is 0.464 e. The fourth-order valence-corrected chi connectivity index (χ4v) is 2.67. The van der Waals surface area contributed by atoms with Crippen LogP contribution in [0, 0.1) is 0 Å². The number of ether oxygens (including phenoxy) is 1. The average molecular weight is 309 g/mol. The topological polar surface area (TPSA) is 50.8 Å². The van der Waals surface area contributed by atoms with E-state index in [4.69, 9.17) is 32.8 Å². The molecule has 8 heteroatoms. The lowest BCUT2D eigenvalue weighted by molar-refractivity contribution is -0.148. The van der Waals surface area contributed by atoms with Crippen LogP contribution in [0.5, 0.6) is 0 Å². The van der Waals surface area contributed by atoms with Gasteiger partial charge in [0.15, 0.2) is 6.61 Å². The van der Waals surface area contributed by atoms with Gasteiger partial charge in [0.2, 0.25) is 0 Å². The van der Waals surface area contributed by atoms with Crippen LogP contribution in [0.15, 0.2) is 12.1 Å². The van der Waals surface area contributed by atoms with Crippen molar-refractivity contribution in [3.8, 4) is 0 Å². The molecule has 1 heterocycles. The summed E-state index contributed by atoms with van der Waals surface area (Å²) < 4.78 is 9.18. The molecule has 0 aromatic heterocycles. The van der Waals surface area contributed by atoms with Gasteiger partial charge in [-0.3, -0.25) is 0 Å². The zero-order chi connectivity index (χ0) is 13.1. The fraction of sp³-hybridized carbons (Fsp3) is 0.300. The zero-order valence-electron chi connectivity index (χ0n) is 9.41. The summed E-state index contributed by atoms with van der Waals surface area (Å²) >= 11 is 13.1. The van der Waals surface area contributed by atoms with Gasteiger partial charge in [-0.05, 0) is 19.1 Å². The Bertz CT molecular complexity index is 473. The molecule has 0 amide bonds. The molecule has 0 fully saturated rings. The molecule has 5 nitrogen and oxygen atoms in total. The standard InChI is InChI=1S/C10H10Cl2N2O3S/c1-2-16-9(15)5-17-14-8-4-6(11)3-7(12)10(8)13-18-14/h3-4,13H,2,5H2,1H3. The molecule has 1 aliphatic heterocycles. The summed E-state index contributed by atoms with van der Waals surface area (Å²) in [6.45, 7) is 1.88. The van der Waals surface area contributed by atoms with Crippen molar-refractivity contribution in [2.75, 3.05) is 22.4 Å². The molecular formula is C10H10Cl2N2O3S. The minimum Gasteiger partial charge on any atom is -0.464 e. The Morgan fingerprint density at radius 3 is 3.00 bits per heavy atom. The Balaban J connectivity index is 2.05. The van der Waals surface area contributed by atoms with Crippen LogP contribution in [0.1, 0.15) is 6.92 Å². The van der Waals surface area contributed by atoms with Crippen molar-refractivity contribution in [1.29, 1.82) is 0 Å². The molecule has 2 rings (SSSR count). The number of benzene rings is 1. The first-order valence-electron chi connectivity index (χ1n) is 5.12. The third-order valence-corrected chi connectivity index (χ3v) is 3.35. The fourth-order valence-electron chi connectivity index (χ4n) is 1.35. The first-order chi connectivity index (χ1) is 8.61. The van der Waals surface area contributed by atoms with Crippen molar-refractivity contribution < 1.29 is 14.4 Å². The third-order valence-electron chi connectivity index (χ3n) is 2.07. The Morgan fingerprint density at radius 1 is 1.50 bits per heavy atom. The van der Waals surface area contributed by atoms with E-state index >= 15 is 0 Å². The highest BCUT2D eigenvalue weighted by Gasteiger charge is 2.25.